The van der Waals surface area contributed by atoms with Crippen LogP contribution in [0.5, 0.6) is 0 Å². The van der Waals surface area contributed by atoms with Crippen LogP contribution < -0.4 is 0 Å². The maximum atomic E-state index is 14.1. The molecule has 5 heteroatoms. The van der Waals surface area contributed by atoms with Gasteiger partial charge in [0.2, 0.25) is 5.91 Å². The average molecular weight is 472 g/mol. The van der Waals surface area contributed by atoms with Gasteiger partial charge in [0, 0.05) is 16.0 Å². The number of rotatable bonds is 7. The van der Waals surface area contributed by atoms with E-state index in [2.05, 4.69) is 12.6 Å². The summed E-state index contributed by atoms with van der Waals surface area (Å²) >= 11 is 12.6. The molecule has 3 unspecified atom stereocenters. The first-order valence-electron chi connectivity index (χ1n) is 11.4. The topological polar surface area (TPSA) is 40.5 Å². The van der Waals surface area contributed by atoms with E-state index in [9.17, 15) is 9.90 Å². The number of likely N-dealkylation sites (tertiary alicyclic amines) is 1. The van der Waals surface area contributed by atoms with Crippen molar-refractivity contribution in [3.63, 3.8) is 0 Å². The number of carbonyl (C=O) groups excluding carboxylic acids is 1. The molecular weight excluding hydrogens is 441 g/mol. The first-order chi connectivity index (χ1) is 15.2. The van der Waals surface area contributed by atoms with E-state index in [-0.39, 0.29) is 23.9 Å². The molecule has 1 aliphatic heterocycles. The van der Waals surface area contributed by atoms with Gasteiger partial charge in [-0.15, -0.1) is 6.58 Å². The number of aliphatic hydroxyl groups is 1. The van der Waals surface area contributed by atoms with Crippen LogP contribution in [0.2, 0.25) is 10.0 Å². The Kier molecular flexibility index (Phi) is 6.72. The molecule has 3 nitrogen and oxygen atoms in total. The Morgan fingerprint density at radius 3 is 2.41 bits per heavy atom. The third-order valence-corrected chi connectivity index (χ3v) is 7.59. The molecule has 1 N–H and O–H groups in total. The quantitative estimate of drug-likeness (QED) is 0.451. The van der Waals surface area contributed by atoms with E-state index in [1.54, 1.807) is 0 Å². The van der Waals surface area contributed by atoms with Crippen LogP contribution in [0.4, 0.5) is 0 Å². The number of hydrogen-bond acceptors (Lipinski definition) is 2. The van der Waals surface area contributed by atoms with Gasteiger partial charge in [-0.3, -0.25) is 4.79 Å². The van der Waals surface area contributed by atoms with E-state index in [1.807, 2.05) is 67.3 Å². The van der Waals surface area contributed by atoms with Crippen molar-refractivity contribution in [1.29, 1.82) is 0 Å². The van der Waals surface area contributed by atoms with E-state index in [4.69, 9.17) is 23.2 Å². The highest BCUT2D eigenvalue weighted by atomic mass is 35.5. The fourth-order valence-electron chi connectivity index (χ4n) is 5.51. The molecule has 2 fully saturated rings. The van der Waals surface area contributed by atoms with E-state index in [0.29, 0.717) is 28.8 Å². The summed E-state index contributed by atoms with van der Waals surface area (Å²) in [5, 5.41) is 12.2. The Morgan fingerprint density at radius 1 is 1.16 bits per heavy atom. The Balaban J connectivity index is 1.91. The first kappa shape index (κ1) is 23.4. The van der Waals surface area contributed by atoms with Crippen molar-refractivity contribution < 1.29 is 9.90 Å². The van der Waals surface area contributed by atoms with Crippen molar-refractivity contribution in [3.8, 4) is 0 Å². The third-order valence-electron chi connectivity index (χ3n) is 7.11. The molecule has 4 rings (SSSR count). The molecule has 0 radical (unpaired) electrons. The van der Waals surface area contributed by atoms with Crippen molar-refractivity contribution >= 4 is 29.1 Å². The minimum absolute atomic E-state index is 0.0255. The zero-order valence-corrected chi connectivity index (χ0v) is 20.2. The van der Waals surface area contributed by atoms with Gasteiger partial charge in [0.05, 0.1) is 23.6 Å². The molecule has 1 saturated heterocycles. The van der Waals surface area contributed by atoms with E-state index >= 15 is 0 Å². The van der Waals surface area contributed by atoms with E-state index < -0.39 is 11.5 Å². The second-order valence-electron chi connectivity index (χ2n) is 9.70. The number of nitrogens with zero attached hydrogens (tertiary/aromatic N) is 1. The summed E-state index contributed by atoms with van der Waals surface area (Å²) in [4.78, 5) is 16.1. The summed E-state index contributed by atoms with van der Waals surface area (Å²) in [6, 6.07) is 15.3. The molecule has 0 aromatic heterocycles. The van der Waals surface area contributed by atoms with Crippen LogP contribution in [0.15, 0.2) is 61.2 Å². The molecule has 1 aliphatic carbocycles. The largest absolute Gasteiger partial charge is 0.391 e. The fourth-order valence-corrected chi connectivity index (χ4v) is 5.83. The van der Waals surface area contributed by atoms with E-state index in [1.165, 1.54) is 0 Å². The lowest BCUT2D eigenvalue weighted by atomic mass is 9.66. The highest BCUT2D eigenvalue weighted by Crippen LogP contribution is 2.54. The second kappa shape index (κ2) is 9.21. The van der Waals surface area contributed by atoms with E-state index in [0.717, 1.165) is 24.0 Å². The van der Waals surface area contributed by atoms with Crippen molar-refractivity contribution in [2.45, 2.75) is 63.6 Å². The summed E-state index contributed by atoms with van der Waals surface area (Å²) in [6.45, 7) is 7.77. The molecule has 1 heterocycles. The zero-order valence-electron chi connectivity index (χ0n) is 18.7. The Morgan fingerprint density at radius 2 is 1.84 bits per heavy atom. The van der Waals surface area contributed by atoms with Gasteiger partial charge in [0.15, 0.2) is 0 Å². The van der Waals surface area contributed by atoms with Crippen LogP contribution in [0.1, 0.15) is 62.6 Å². The lowest BCUT2D eigenvalue weighted by Gasteiger charge is -2.53. The first-order valence-corrected chi connectivity index (χ1v) is 12.1. The number of halogens is 2. The molecule has 2 aliphatic rings. The van der Waals surface area contributed by atoms with Crippen LogP contribution >= 0.6 is 23.2 Å². The Labute approximate surface area is 201 Å². The van der Waals surface area contributed by atoms with Crippen molar-refractivity contribution in [2.75, 3.05) is 0 Å². The number of aliphatic hydroxyl groups excluding tert-OH is 1. The molecule has 170 valence electrons. The summed E-state index contributed by atoms with van der Waals surface area (Å²) in [7, 11) is 0. The monoisotopic (exact) mass is 471 g/mol. The predicted octanol–water partition coefficient (Wildman–Crippen LogP) is 6.79. The summed E-state index contributed by atoms with van der Waals surface area (Å²) < 4.78 is 0. The SMILES string of the molecule is C=CC[C@@]1(C)CC(c2cccc(Cl)c2)[C@@H](c2ccc(Cl)cc2)N(C(C(C)O)C2CC2)C1=O. The number of hydrogen-bond donors (Lipinski definition) is 1. The van der Waals surface area contributed by atoms with Gasteiger partial charge in [-0.2, -0.15) is 0 Å². The van der Waals surface area contributed by atoms with Crippen LogP contribution in [-0.4, -0.2) is 28.1 Å². The van der Waals surface area contributed by atoms with Gasteiger partial charge in [0.25, 0.3) is 0 Å². The highest BCUT2D eigenvalue weighted by Gasteiger charge is 2.54. The fraction of sp³-hybridized carbons (Fsp3) is 0.444. The average Bonchev–Trinajstić information content (AvgIpc) is 3.57. The minimum atomic E-state index is -0.618. The van der Waals surface area contributed by atoms with Gasteiger partial charge >= 0.3 is 0 Å². The lowest BCUT2D eigenvalue weighted by Crippen LogP contribution is -2.58. The summed E-state index contributed by atoms with van der Waals surface area (Å²) in [5.74, 6) is 0.436. The summed E-state index contributed by atoms with van der Waals surface area (Å²) in [5.41, 5.74) is 1.53. The van der Waals surface area contributed by atoms with Crippen molar-refractivity contribution in [1.82, 2.24) is 4.90 Å². The standard InChI is InChI=1S/C27H31Cl2NO2/c1-4-14-27(3)16-23(20-6-5-7-22(29)15-20)25(19-10-12-21(28)13-11-19)30(26(27)32)24(17(2)31)18-8-9-18/h4-7,10-13,15,17-18,23-25,31H,1,8-9,14,16H2,2-3H3/t17?,23?,24?,25-,27+/m1/s1. The van der Waals surface area contributed by atoms with Gasteiger partial charge in [0.1, 0.15) is 0 Å². The molecule has 1 saturated carbocycles. The van der Waals surface area contributed by atoms with Crippen LogP contribution in [0.3, 0.4) is 0 Å². The van der Waals surface area contributed by atoms with Crippen LogP contribution in [0, 0.1) is 11.3 Å². The number of amides is 1. The number of piperidine rings is 1. The Hall–Kier alpha value is -1.81. The van der Waals surface area contributed by atoms with Crippen molar-refractivity contribution in [2.24, 2.45) is 11.3 Å². The van der Waals surface area contributed by atoms with Gasteiger partial charge in [-0.05, 0) is 73.9 Å². The van der Waals surface area contributed by atoms with Crippen molar-refractivity contribution in [3.05, 3.63) is 82.4 Å². The van der Waals surface area contributed by atoms with Gasteiger partial charge in [-0.1, -0.05) is 60.5 Å². The summed E-state index contributed by atoms with van der Waals surface area (Å²) in [6.07, 6.45) is 4.55. The Bertz CT molecular complexity index is 983. The number of benzene rings is 2. The highest BCUT2D eigenvalue weighted by molar-refractivity contribution is 6.30. The normalized spacial score (nSPS) is 27.8. The maximum absolute atomic E-state index is 14.1. The predicted molar refractivity (Wildman–Crippen MR) is 131 cm³/mol. The third kappa shape index (κ3) is 4.48. The molecule has 0 bridgehead atoms. The zero-order chi connectivity index (χ0) is 23.0. The molecule has 32 heavy (non-hydrogen) atoms. The second-order valence-corrected chi connectivity index (χ2v) is 10.6. The molecule has 5 atom stereocenters. The van der Waals surface area contributed by atoms with Gasteiger partial charge in [-0.25, -0.2) is 0 Å². The molecule has 2 aromatic rings. The molecule has 1 amide bonds. The molecule has 0 spiro atoms. The van der Waals surface area contributed by atoms with Gasteiger partial charge < -0.3 is 10.0 Å². The smallest absolute Gasteiger partial charge is 0.229 e. The molecule has 2 aromatic carbocycles. The molecular formula is C27H31Cl2NO2. The maximum Gasteiger partial charge on any atom is 0.229 e. The minimum Gasteiger partial charge on any atom is -0.391 e. The number of carbonyl (C=O) groups is 1. The van der Waals surface area contributed by atoms with Crippen LogP contribution in [0.25, 0.3) is 0 Å². The lowest BCUT2D eigenvalue weighted by molar-refractivity contribution is -0.159. The van der Waals surface area contributed by atoms with Crippen LogP contribution in [-0.2, 0) is 4.79 Å². The number of allylic oxidation sites excluding steroid dienone is 1.